The number of hydrogen-bond donors (Lipinski definition) is 1. The Morgan fingerprint density at radius 1 is 1.06 bits per heavy atom. The van der Waals surface area contributed by atoms with Gasteiger partial charge >= 0.3 is 6.18 Å². The number of carbonyl (C=O) groups excluding carboxylic acids is 1. The lowest BCUT2D eigenvalue weighted by Crippen LogP contribution is -2.36. The SMILES string of the molecule is O=C(NCc1ccccc1CN1CCOCC1)c1cnn(-c2cccc(C(F)(F)F)c2)c1C1CC1. The van der Waals surface area contributed by atoms with Crippen LogP contribution >= 0.6 is 0 Å². The number of carbonyl (C=O) groups is 1. The maximum absolute atomic E-state index is 13.2. The van der Waals surface area contributed by atoms with Crippen molar-refractivity contribution in [3.63, 3.8) is 0 Å². The van der Waals surface area contributed by atoms with E-state index in [-0.39, 0.29) is 11.8 Å². The van der Waals surface area contributed by atoms with Crippen molar-refractivity contribution in [3.05, 3.63) is 82.7 Å². The third-order valence-corrected chi connectivity index (χ3v) is 6.49. The molecule has 0 bridgehead atoms. The molecule has 2 aliphatic rings. The largest absolute Gasteiger partial charge is 0.416 e. The van der Waals surface area contributed by atoms with Crippen LogP contribution in [0.1, 0.15) is 51.5 Å². The minimum atomic E-state index is -4.45. The Morgan fingerprint density at radius 3 is 2.51 bits per heavy atom. The van der Waals surface area contributed by atoms with Crippen molar-refractivity contribution in [2.45, 2.75) is 38.0 Å². The standard InChI is InChI=1S/C26H27F3N4O2/c27-26(28,29)21-6-3-7-22(14-21)33-24(18-8-9-18)23(16-31-33)25(34)30-15-19-4-1-2-5-20(19)17-32-10-12-35-13-11-32/h1-7,14,16,18H,8-13,15,17H2,(H,30,34). The van der Waals surface area contributed by atoms with E-state index < -0.39 is 11.7 Å². The lowest BCUT2D eigenvalue weighted by Gasteiger charge is -2.27. The third kappa shape index (κ3) is 5.41. The van der Waals surface area contributed by atoms with E-state index >= 15 is 0 Å². The summed E-state index contributed by atoms with van der Waals surface area (Å²) in [6, 6.07) is 13.1. The first-order valence-electron chi connectivity index (χ1n) is 11.8. The third-order valence-electron chi connectivity index (χ3n) is 6.49. The van der Waals surface area contributed by atoms with E-state index in [0.717, 1.165) is 68.9 Å². The molecule has 0 unspecified atom stereocenters. The van der Waals surface area contributed by atoms with Gasteiger partial charge in [-0.05, 0) is 42.2 Å². The fraction of sp³-hybridized carbons (Fsp3) is 0.385. The van der Waals surface area contributed by atoms with Crippen LogP contribution in [-0.4, -0.2) is 46.9 Å². The van der Waals surface area contributed by atoms with Crippen molar-refractivity contribution in [3.8, 4) is 5.69 Å². The predicted molar refractivity (Wildman–Crippen MR) is 124 cm³/mol. The van der Waals surface area contributed by atoms with Gasteiger partial charge in [0.1, 0.15) is 0 Å². The van der Waals surface area contributed by atoms with E-state index in [1.807, 2.05) is 18.2 Å². The number of ether oxygens (including phenoxy) is 1. The van der Waals surface area contributed by atoms with Crippen LogP contribution in [0, 0.1) is 0 Å². The molecule has 35 heavy (non-hydrogen) atoms. The molecule has 1 aliphatic heterocycles. The van der Waals surface area contributed by atoms with Gasteiger partial charge in [-0.3, -0.25) is 9.69 Å². The summed E-state index contributed by atoms with van der Waals surface area (Å²) in [5.74, 6) is -0.160. The Bertz CT molecular complexity index is 1200. The summed E-state index contributed by atoms with van der Waals surface area (Å²) < 4.78 is 46.6. The van der Waals surface area contributed by atoms with Gasteiger partial charge < -0.3 is 10.1 Å². The molecule has 0 spiro atoms. The number of aromatic nitrogens is 2. The van der Waals surface area contributed by atoms with E-state index in [1.165, 1.54) is 16.9 Å². The molecule has 1 N–H and O–H groups in total. The van der Waals surface area contributed by atoms with Gasteiger partial charge in [-0.25, -0.2) is 4.68 Å². The number of benzene rings is 2. The lowest BCUT2D eigenvalue weighted by molar-refractivity contribution is -0.137. The first-order valence-corrected chi connectivity index (χ1v) is 11.8. The van der Waals surface area contributed by atoms with Crippen molar-refractivity contribution < 1.29 is 22.7 Å². The molecule has 9 heteroatoms. The molecule has 0 radical (unpaired) electrons. The van der Waals surface area contributed by atoms with E-state index in [4.69, 9.17) is 4.74 Å². The zero-order valence-corrected chi connectivity index (χ0v) is 19.2. The van der Waals surface area contributed by atoms with Crippen LogP contribution < -0.4 is 5.32 Å². The molecular formula is C26H27F3N4O2. The Kier molecular flexibility index (Phi) is 6.62. The number of amides is 1. The molecule has 3 aromatic rings. The van der Waals surface area contributed by atoms with Crippen LogP contribution in [0.2, 0.25) is 0 Å². The Labute approximate surface area is 201 Å². The second-order valence-electron chi connectivity index (χ2n) is 9.02. The van der Waals surface area contributed by atoms with Gasteiger partial charge in [0.05, 0.1) is 41.9 Å². The second-order valence-corrected chi connectivity index (χ2v) is 9.02. The van der Waals surface area contributed by atoms with Crippen molar-refractivity contribution in [2.24, 2.45) is 0 Å². The first-order chi connectivity index (χ1) is 16.9. The number of rotatable bonds is 7. The van der Waals surface area contributed by atoms with Crippen LogP contribution in [0.4, 0.5) is 13.2 Å². The molecule has 5 rings (SSSR count). The lowest BCUT2D eigenvalue weighted by atomic mass is 10.1. The maximum Gasteiger partial charge on any atom is 0.416 e. The molecule has 1 amide bonds. The summed E-state index contributed by atoms with van der Waals surface area (Å²) in [5.41, 5.74) is 2.83. The van der Waals surface area contributed by atoms with Gasteiger partial charge in [0.2, 0.25) is 0 Å². The zero-order chi connectivity index (χ0) is 24.4. The molecule has 2 heterocycles. The number of alkyl halides is 3. The van der Waals surface area contributed by atoms with Crippen LogP contribution in [0.3, 0.4) is 0 Å². The highest BCUT2D eigenvalue weighted by atomic mass is 19.4. The zero-order valence-electron chi connectivity index (χ0n) is 19.2. The molecule has 0 atom stereocenters. The highest BCUT2D eigenvalue weighted by molar-refractivity contribution is 5.95. The summed E-state index contributed by atoms with van der Waals surface area (Å²) in [7, 11) is 0. The molecule has 1 saturated carbocycles. The molecule has 2 fully saturated rings. The summed E-state index contributed by atoms with van der Waals surface area (Å²) in [6.45, 7) is 4.34. The molecular weight excluding hydrogens is 457 g/mol. The molecule has 184 valence electrons. The summed E-state index contributed by atoms with van der Waals surface area (Å²) >= 11 is 0. The monoisotopic (exact) mass is 484 g/mol. The summed E-state index contributed by atoms with van der Waals surface area (Å²) in [4.78, 5) is 15.5. The van der Waals surface area contributed by atoms with Crippen LogP contribution in [0.25, 0.3) is 5.69 Å². The highest BCUT2D eigenvalue weighted by Crippen LogP contribution is 2.43. The van der Waals surface area contributed by atoms with E-state index in [2.05, 4.69) is 21.4 Å². The number of hydrogen-bond acceptors (Lipinski definition) is 4. The van der Waals surface area contributed by atoms with Crippen molar-refractivity contribution >= 4 is 5.91 Å². The highest BCUT2D eigenvalue weighted by Gasteiger charge is 2.34. The quantitative estimate of drug-likeness (QED) is 0.535. The fourth-order valence-corrected chi connectivity index (χ4v) is 4.46. The normalized spacial score (nSPS) is 16.9. The van der Waals surface area contributed by atoms with E-state index in [1.54, 1.807) is 6.07 Å². The molecule has 6 nitrogen and oxygen atoms in total. The number of nitrogens with one attached hydrogen (secondary N) is 1. The average Bonchev–Trinajstić information content (AvgIpc) is 3.61. The molecule has 1 aromatic heterocycles. The molecule has 1 aliphatic carbocycles. The predicted octanol–water partition coefficient (Wildman–Crippen LogP) is 4.53. The van der Waals surface area contributed by atoms with Gasteiger partial charge in [-0.15, -0.1) is 0 Å². The van der Waals surface area contributed by atoms with Gasteiger partial charge in [-0.2, -0.15) is 18.3 Å². The topological polar surface area (TPSA) is 59.4 Å². The molecule has 2 aromatic carbocycles. The first kappa shape index (κ1) is 23.6. The van der Waals surface area contributed by atoms with Crippen LogP contribution in [-0.2, 0) is 24.0 Å². The second kappa shape index (κ2) is 9.83. The Balaban J connectivity index is 1.34. The smallest absolute Gasteiger partial charge is 0.379 e. The number of morpholine rings is 1. The van der Waals surface area contributed by atoms with Gasteiger partial charge in [0.25, 0.3) is 5.91 Å². The summed E-state index contributed by atoms with van der Waals surface area (Å²) in [6.07, 6.45) is -1.22. The number of halogens is 3. The van der Waals surface area contributed by atoms with E-state index in [0.29, 0.717) is 23.5 Å². The van der Waals surface area contributed by atoms with Crippen LogP contribution in [0.5, 0.6) is 0 Å². The van der Waals surface area contributed by atoms with Gasteiger partial charge in [0.15, 0.2) is 0 Å². The van der Waals surface area contributed by atoms with E-state index in [9.17, 15) is 18.0 Å². The average molecular weight is 485 g/mol. The van der Waals surface area contributed by atoms with Crippen LogP contribution in [0.15, 0.2) is 54.7 Å². The Morgan fingerprint density at radius 2 is 1.80 bits per heavy atom. The van der Waals surface area contributed by atoms with Crippen molar-refractivity contribution in [1.29, 1.82) is 0 Å². The minimum Gasteiger partial charge on any atom is -0.379 e. The summed E-state index contributed by atoms with van der Waals surface area (Å²) in [5, 5.41) is 7.31. The van der Waals surface area contributed by atoms with Crippen molar-refractivity contribution in [2.75, 3.05) is 26.3 Å². The van der Waals surface area contributed by atoms with Gasteiger partial charge in [-0.1, -0.05) is 30.3 Å². The number of nitrogens with zero attached hydrogens (tertiary/aromatic N) is 3. The Hall–Kier alpha value is -3.17. The van der Waals surface area contributed by atoms with Crippen molar-refractivity contribution in [1.82, 2.24) is 20.0 Å². The maximum atomic E-state index is 13.2. The minimum absolute atomic E-state index is 0.112. The van der Waals surface area contributed by atoms with Gasteiger partial charge in [0, 0.05) is 32.1 Å². The molecule has 1 saturated heterocycles. The fourth-order valence-electron chi connectivity index (χ4n) is 4.46.